The van der Waals surface area contributed by atoms with Gasteiger partial charge in [0.25, 0.3) is 0 Å². The molecule has 0 aliphatic carbocycles. The van der Waals surface area contributed by atoms with Crippen molar-refractivity contribution in [2.75, 3.05) is 32.7 Å². The minimum absolute atomic E-state index is 0.0447. The molecule has 1 unspecified atom stereocenters. The number of carbonyl (C=O) groups excluding carboxylic acids is 1. The predicted octanol–water partition coefficient (Wildman–Crippen LogP) is -0.0176. The Morgan fingerprint density at radius 2 is 2.10 bits per heavy atom. The van der Waals surface area contributed by atoms with Crippen LogP contribution in [0.25, 0.3) is 0 Å². The molecule has 2 fully saturated rings. The van der Waals surface area contributed by atoms with E-state index >= 15 is 0 Å². The Balaban J connectivity index is 1.53. The highest BCUT2D eigenvalue weighted by Crippen LogP contribution is 2.10. The van der Waals surface area contributed by atoms with Crippen molar-refractivity contribution in [3.8, 4) is 0 Å². The van der Waals surface area contributed by atoms with Crippen LogP contribution in [0.2, 0.25) is 0 Å². The minimum atomic E-state index is -0.0447. The number of amides is 1. The van der Waals surface area contributed by atoms with Crippen LogP contribution in [0.3, 0.4) is 0 Å². The lowest BCUT2D eigenvalue weighted by atomic mass is 10.2. The fourth-order valence-corrected chi connectivity index (χ4v) is 2.99. The van der Waals surface area contributed by atoms with Gasteiger partial charge in [0, 0.05) is 51.7 Å². The van der Waals surface area contributed by atoms with Crippen molar-refractivity contribution in [2.24, 2.45) is 0 Å². The summed E-state index contributed by atoms with van der Waals surface area (Å²) in [4.78, 5) is 20.9. The first-order valence-corrected chi connectivity index (χ1v) is 7.71. The van der Waals surface area contributed by atoms with Crippen LogP contribution in [0.4, 0.5) is 0 Å². The third-order valence-electron chi connectivity index (χ3n) is 4.19. The van der Waals surface area contributed by atoms with Gasteiger partial charge in [0.2, 0.25) is 5.91 Å². The Bertz CT molecular complexity index is 460. The fraction of sp³-hybridized carbons (Fsp3) is 0.600. The zero-order chi connectivity index (χ0) is 14.5. The molecule has 21 heavy (non-hydrogen) atoms. The molecule has 6 heteroatoms. The molecule has 1 amide bonds. The van der Waals surface area contributed by atoms with Crippen molar-refractivity contribution in [1.29, 1.82) is 0 Å². The lowest BCUT2D eigenvalue weighted by Gasteiger charge is -2.24. The van der Waals surface area contributed by atoms with E-state index in [-0.39, 0.29) is 11.9 Å². The molecule has 6 nitrogen and oxygen atoms in total. The molecule has 1 atom stereocenters. The maximum atomic E-state index is 12.4. The number of hydrogen-bond donors (Lipinski definition) is 2. The second-order valence-corrected chi connectivity index (χ2v) is 5.72. The smallest absolute Gasteiger partial charge is 0.241 e. The molecule has 2 saturated heterocycles. The van der Waals surface area contributed by atoms with Gasteiger partial charge in [0.15, 0.2) is 0 Å². The number of hydrogen-bond acceptors (Lipinski definition) is 5. The molecule has 1 aromatic rings. The summed E-state index contributed by atoms with van der Waals surface area (Å²) < 4.78 is 0. The molecular formula is C15H23N5O. The molecule has 114 valence electrons. The van der Waals surface area contributed by atoms with Gasteiger partial charge in [-0.05, 0) is 30.5 Å². The van der Waals surface area contributed by atoms with E-state index in [1.54, 1.807) is 0 Å². The van der Waals surface area contributed by atoms with Gasteiger partial charge in [-0.25, -0.2) is 5.43 Å². The summed E-state index contributed by atoms with van der Waals surface area (Å²) in [6.45, 7) is 5.48. The summed E-state index contributed by atoms with van der Waals surface area (Å²) in [5.74, 6) is 0.241. The predicted molar refractivity (Wildman–Crippen MR) is 80.3 cm³/mol. The van der Waals surface area contributed by atoms with E-state index in [1.807, 2.05) is 17.3 Å². The van der Waals surface area contributed by atoms with E-state index in [1.165, 1.54) is 5.56 Å². The summed E-state index contributed by atoms with van der Waals surface area (Å²) in [5.41, 5.74) is 7.38. The Kier molecular flexibility index (Phi) is 4.80. The number of aromatic nitrogens is 1. The van der Waals surface area contributed by atoms with Crippen LogP contribution >= 0.6 is 0 Å². The van der Waals surface area contributed by atoms with Crippen LogP contribution in [0.5, 0.6) is 0 Å². The van der Waals surface area contributed by atoms with Crippen molar-refractivity contribution in [3.63, 3.8) is 0 Å². The Morgan fingerprint density at radius 3 is 2.86 bits per heavy atom. The first-order valence-electron chi connectivity index (χ1n) is 7.71. The first-order chi connectivity index (χ1) is 10.3. The molecule has 0 spiro atoms. The zero-order valence-electron chi connectivity index (χ0n) is 12.3. The van der Waals surface area contributed by atoms with E-state index in [9.17, 15) is 4.79 Å². The van der Waals surface area contributed by atoms with Crippen LogP contribution in [-0.4, -0.2) is 59.5 Å². The molecule has 2 aliphatic heterocycles. The number of pyridine rings is 1. The van der Waals surface area contributed by atoms with E-state index in [0.717, 1.165) is 52.1 Å². The van der Waals surface area contributed by atoms with E-state index in [0.29, 0.717) is 0 Å². The van der Waals surface area contributed by atoms with Gasteiger partial charge in [-0.1, -0.05) is 0 Å². The van der Waals surface area contributed by atoms with Gasteiger partial charge in [0.05, 0.1) is 0 Å². The van der Waals surface area contributed by atoms with Crippen LogP contribution in [0.1, 0.15) is 18.4 Å². The molecule has 2 aliphatic rings. The molecule has 0 bridgehead atoms. The number of nitrogens with one attached hydrogen (secondary N) is 2. The Labute approximate surface area is 125 Å². The third-order valence-corrected chi connectivity index (χ3v) is 4.19. The Hall–Kier alpha value is -1.50. The van der Waals surface area contributed by atoms with E-state index in [2.05, 4.69) is 32.9 Å². The van der Waals surface area contributed by atoms with Crippen LogP contribution in [0, 0.1) is 0 Å². The van der Waals surface area contributed by atoms with E-state index < -0.39 is 0 Å². The van der Waals surface area contributed by atoms with Crippen LogP contribution < -0.4 is 10.9 Å². The van der Waals surface area contributed by atoms with Crippen molar-refractivity contribution in [1.82, 2.24) is 25.6 Å². The molecular weight excluding hydrogens is 266 g/mol. The molecule has 1 aromatic heterocycles. The number of carbonyl (C=O) groups is 1. The molecule has 2 N–H and O–H groups in total. The first kappa shape index (κ1) is 14.4. The monoisotopic (exact) mass is 289 g/mol. The summed E-state index contributed by atoms with van der Waals surface area (Å²) >= 11 is 0. The average molecular weight is 289 g/mol. The molecule has 0 radical (unpaired) electrons. The molecule has 0 saturated carbocycles. The normalized spacial score (nSPS) is 24.0. The second-order valence-electron chi connectivity index (χ2n) is 5.72. The lowest BCUT2D eigenvalue weighted by molar-refractivity contribution is -0.133. The minimum Gasteiger partial charge on any atom is -0.340 e. The number of hydrazine groups is 1. The van der Waals surface area contributed by atoms with Gasteiger partial charge < -0.3 is 4.90 Å². The largest absolute Gasteiger partial charge is 0.340 e. The average Bonchev–Trinajstić information content (AvgIpc) is 2.95. The highest BCUT2D eigenvalue weighted by Gasteiger charge is 2.28. The SMILES string of the molecule is O=C(C1CCNN1)N1CCCN(Cc2ccncc2)CC1. The van der Waals surface area contributed by atoms with Gasteiger partial charge in [-0.15, -0.1) is 0 Å². The van der Waals surface area contributed by atoms with Crippen molar-refractivity contribution in [2.45, 2.75) is 25.4 Å². The van der Waals surface area contributed by atoms with Gasteiger partial charge in [-0.3, -0.25) is 20.1 Å². The molecule has 3 heterocycles. The van der Waals surface area contributed by atoms with Gasteiger partial charge in [-0.2, -0.15) is 0 Å². The Morgan fingerprint density at radius 1 is 1.24 bits per heavy atom. The highest BCUT2D eigenvalue weighted by molar-refractivity contribution is 5.82. The van der Waals surface area contributed by atoms with Gasteiger partial charge >= 0.3 is 0 Å². The highest BCUT2D eigenvalue weighted by atomic mass is 16.2. The maximum absolute atomic E-state index is 12.4. The van der Waals surface area contributed by atoms with E-state index in [4.69, 9.17) is 0 Å². The van der Waals surface area contributed by atoms with Crippen molar-refractivity contribution in [3.05, 3.63) is 30.1 Å². The van der Waals surface area contributed by atoms with Crippen molar-refractivity contribution >= 4 is 5.91 Å². The molecule has 0 aromatic carbocycles. The third kappa shape index (κ3) is 3.78. The molecule has 3 rings (SSSR count). The van der Waals surface area contributed by atoms with Crippen molar-refractivity contribution < 1.29 is 4.79 Å². The second kappa shape index (κ2) is 6.98. The standard InChI is InChI=1S/C15H23N5O/c21-15(14-4-7-17-18-14)20-9-1-8-19(10-11-20)12-13-2-5-16-6-3-13/h2-3,5-6,14,17-18H,1,4,7-12H2. The van der Waals surface area contributed by atoms with Crippen LogP contribution in [-0.2, 0) is 11.3 Å². The van der Waals surface area contributed by atoms with Crippen LogP contribution in [0.15, 0.2) is 24.5 Å². The lowest BCUT2D eigenvalue weighted by Crippen LogP contribution is -2.46. The fourth-order valence-electron chi connectivity index (χ4n) is 2.99. The summed E-state index contributed by atoms with van der Waals surface area (Å²) in [6, 6.07) is 4.07. The maximum Gasteiger partial charge on any atom is 0.241 e. The quantitative estimate of drug-likeness (QED) is 0.819. The summed E-state index contributed by atoms with van der Waals surface area (Å²) in [5, 5.41) is 0. The number of nitrogens with zero attached hydrogens (tertiary/aromatic N) is 3. The number of rotatable bonds is 3. The van der Waals surface area contributed by atoms with Gasteiger partial charge in [0.1, 0.15) is 6.04 Å². The summed E-state index contributed by atoms with van der Waals surface area (Å²) in [7, 11) is 0. The summed E-state index contributed by atoms with van der Waals surface area (Å²) in [6.07, 6.45) is 5.59. The zero-order valence-corrected chi connectivity index (χ0v) is 12.3. The topological polar surface area (TPSA) is 60.5 Å².